The van der Waals surface area contributed by atoms with E-state index in [1.54, 1.807) is 18.2 Å². The Bertz CT molecular complexity index is 613. The molecule has 0 bridgehead atoms. The van der Waals surface area contributed by atoms with Gasteiger partial charge in [0.15, 0.2) is 0 Å². The van der Waals surface area contributed by atoms with Gasteiger partial charge in [0.2, 0.25) is 5.91 Å². The Balaban J connectivity index is 1.61. The minimum atomic E-state index is -0.225. The van der Waals surface area contributed by atoms with Gasteiger partial charge in [-0.05, 0) is 37.1 Å². The maximum atomic E-state index is 12.2. The van der Waals surface area contributed by atoms with Crippen molar-refractivity contribution >= 4 is 28.8 Å². The highest BCUT2D eigenvalue weighted by Crippen LogP contribution is 2.21. The first-order chi connectivity index (χ1) is 11.1. The normalized spacial score (nSPS) is 21.0. The van der Waals surface area contributed by atoms with Crippen LogP contribution in [0.2, 0.25) is 0 Å². The van der Waals surface area contributed by atoms with Crippen molar-refractivity contribution in [2.45, 2.75) is 25.4 Å². The number of carbonyl (C=O) groups excluding carboxylic acids is 3. The van der Waals surface area contributed by atoms with E-state index in [4.69, 9.17) is 0 Å². The second kappa shape index (κ2) is 7.14. The van der Waals surface area contributed by atoms with Crippen molar-refractivity contribution in [3.63, 3.8) is 0 Å². The molecule has 2 saturated heterocycles. The summed E-state index contributed by atoms with van der Waals surface area (Å²) in [5.74, 6) is -0.107. The first-order valence-corrected chi connectivity index (χ1v) is 8.69. The maximum Gasteiger partial charge on any atom is 0.289 e. The first kappa shape index (κ1) is 16.0. The van der Waals surface area contributed by atoms with E-state index in [-0.39, 0.29) is 29.4 Å². The SMILES string of the molecule is O=C(NCC1CCCN1)c1cccc(CN2C(=O)CSC2=O)c1. The Morgan fingerprint density at radius 1 is 1.39 bits per heavy atom. The molecule has 1 unspecified atom stereocenters. The number of benzene rings is 1. The fourth-order valence-corrected chi connectivity index (χ4v) is 3.50. The molecule has 2 aliphatic rings. The van der Waals surface area contributed by atoms with Crippen molar-refractivity contribution in [2.75, 3.05) is 18.8 Å². The van der Waals surface area contributed by atoms with E-state index >= 15 is 0 Å². The van der Waals surface area contributed by atoms with Gasteiger partial charge < -0.3 is 10.6 Å². The third-order valence-corrected chi connectivity index (χ3v) is 4.90. The number of hydrogen-bond acceptors (Lipinski definition) is 5. The molecule has 0 saturated carbocycles. The summed E-state index contributed by atoms with van der Waals surface area (Å²) in [6, 6.07) is 7.42. The molecule has 1 aromatic carbocycles. The van der Waals surface area contributed by atoms with Crippen molar-refractivity contribution in [2.24, 2.45) is 0 Å². The average molecular weight is 333 g/mol. The Morgan fingerprint density at radius 3 is 2.96 bits per heavy atom. The number of nitrogens with zero attached hydrogens (tertiary/aromatic N) is 1. The Morgan fingerprint density at radius 2 is 2.26 bits per heavy atom. The lowest BCUT2D eigenvalue weighted by Crippen LogP contribution is -2.37. The molecule has 0 aliphatic carbocycles. The molecule has 0 spiro atoms. The van der Waals surface area contributed by atoms with Crippen LogP contribution >= 0.6 is 11.8 Å². The highest BCUT2D eigenvalue weighted by atomic mass is 32.2. The van der Waals surface area contributed by atoms with Crippen molar-refractivity contribution < 1.29 is 14.4 Å². The summed E-state index contributed by atoms with van der Waals surface area (Å²) < 4.78 is 0. The zero-order chi connectivity index (χ0) is 16.2. The Hall–Kier alpha value is -1.86. The summed E-state index contributed by atoms with van der Waals surface area (Å²) in [7, 11) is 0. The number of imide groups is 1. The lowest BCUT2D eigenvalue weighted by molar-refractivity contribution is -0.125. The molecule has 7 heteroatoms. The van der Waals surface area contributed by atoms with Gasteiger partial charge in [0.25, 0.3) is 11.1 Å². The minimum absolute atomic E-state index is 0.131. The number of rotatable bonds is 5. The highest BCUT2D eigenvalue weighted by Gasteiger charge is 2.29. The van der Waals surface area contributed by atoms with E-state index in [9.17, 15) is 14.4 Å². The lowest BCUT2D eigenvalue weighted by Gasteiger charge is -2.14. The van der Waals surface area contributed by atoms with Crippen LogP contribution in [0.15, 0.2) is 24.3 Å². The van der Waals surface area contributed by atoms with Crippen LogP contribution < -0.4 is 10.6 Å². The second-order valence-electron chi connectivity index (χ2n) is 5.74. The van der Waals surface area contributed by atoms with Gasteiger partial charge in [0.1, 0.15) is 0 Å². The third-order valence-electron chi connectivity index (χ3n) is 4.04. The largest absolute Gasteiger partial charge is 0.350 e. The smallest absolute Gasteiger partial charge is 0.289 e. The summed E-state index contributed by atoms with van der Waals surface area (Å²) in [6.45, 7) is 1.84. The molecular weight excluding hydrogens is 314 g/mol. The summed E-state index contributed by atoms with van der Waals surface area (Å²) in [5, 5.41) is 6.04. The monoisotopic (exact) mass is 333 g/mol. The molecule has 2 N–H and O–H groups in total. The van der Waals surface area contributed by atoms with Gasteiger partial charge in [-0.25, -0.2) is 0 Å². The van der Waals surface area contributed by atoms with Gasteiger partial charge in [-0.2, -0.15) is 0 Å². The number of nitrogens with one attached hydrogen (secondary N) is 2. The van der Waals surface area contributed by atoms with Crippen LogP contribution in [-0.2, 0) is 11.3 Å². The number of thioether (sulfide) groups is 1. The molecule has 2 fully saturated rings. The van der Waals surface area contributed by atoms with E-state index in [0.29, 0.717) is 18.2 Å². The van der Waals surface area contributed by atoms with Crippen molar-refractivity contribution in [3.8, 4) is 0 Å². The molecule has 6 nitrogen and oxygen atoms in total. The van der Waals surface area contributed by atoms with Crippen molar-refractivity contribution in [1.82, 2.24) is 15.5 Å². The molecular formula is C16H19N3O3S. The fraction of sp³-hybridized carbons (Fsp3) is 0.438. The van der Waals surface area contributed by atoms with Crippen LogP contribution in [0, 0.1) is 0 Å². The second-order valence-corrected chi connectivity index (χ2v) is 6.66. The quantitative estimate of drug-likeness (QED) is 0.851. The molecule has 122 valence electrons. The molecule has 2 aliphatic heterocycles. The van der Waals surface area contributed by atoms with Crippen LogP contribution in [0.3, 0.4) is 0 Å². The molecule has 3 amide bonds. The van der Waals surface area contributed by atoms with Gasteiger partial charge in [-0.3, -0.25) is 19.3 Å². The van der Waals surface area contributed by atoms with Crippen LogP contribution in [0.5, 0.6) is 0 Å². The summed E-state index contributed by atoms with van der Waals surface area (Å²) in [4.78, 5) is 36.7. The molecule has 2 heterocycles. The van der Waals surface area contributed by atoms with Gasteiger partial charge in [-0.15, -0.1) is 0 Å². The molecule has 1 aromatic rings. The Kier molecular flexibility index (Phi) is 4.97. The average Bonchev–Trinajstić information content (AvgIpc) is 3.18. The number of carbonyl (C=O) groups is 3. The molecule has 1 atom stereocenters. The molecule has 0 radical (unpaired) electrons. The topological polar surface area (TPSA) is 78.5 Å². The summed E-state index contributed by atoms with van der Waals surface area (Å²) in [5.41, 5.74) is 1.33. The lowest BCUT2D eigenvalue weighted by atomic mass is 10.1. The van der Waals surface area contributed by atoms with Gasteiger partial charge >= 0.3 is 0 Å². The maximum absolute atomic E-state index is 12.2. The van der Waals surface area contributed by atoms with E-state index in [1.165, 1.54) is 4.90 Å². The van der Waals surface area contributed by atoms with E-state index in [2.05, 4.69) is 10.6 Å². The van der Waals surface area contributed by atoms with Gasteiger partial charge in [-0.1, -0.05) is 23.9 Å². The molecule has 3 rings (SSSR count). The van der Waals surface area contributed by atoms with E-state index in [1.807, 2.05) is 6.07 Å². The van der Waals surface area contributed by atoms with Crippen molar-refractivity contribution in [3.05, 3.63) is 35.4 Å². The Labute approximate surface area is 139 Å². The first-order valence-electron chi connectivity index (χ1n) is 7.71. The van der Waals surface area contributed by atoms with E-state index in [0.717, 1.165) is 36.7 Å². The van der Waals surface area contributed by atoms with Crippen LogP contribution in [-0.4, -0.2) is 46.8 Å². The number of amides is 3. The predicted molar refractivity (Wildman–Crippen MR) is 88.2 cm³/mol. The van der Waals surface area contributed by atoms with Crippen LogP contribution in [0.25, 0.3) is 0 Å². The minimum Gasteiger partial charge on any atom is -0.350 e. The van der Waals surface area contributed by atoms with Crippen LogP contribution in [0.4, 0.5) is 4.79 Å². The zero-order valence-electron chi connectivity index (χ0n) is 12.7. The van der Waals surface area contributed by atoms with E-state index < -0.39 is 0 Å². The summed E-state index contributed by atoms with van der Waals surface area (Å²) >= 11 is 1.02. The van der Waals surface area contributed by atoms with Crippen molar-refractivity contribution in [1.29, 1.82) is 0 Å². The zero-order valence-corrected chi connectivity index (χ0v) is 13.5. The highest BCUT2D eigenvalue weighted by molar-refractivity contribution is 8.14. The summed E-state index contributed by atoms with van der Waals surface area (Å²) in [6.07, 6.45) is 2.23. The number of hydrogen-bond donors (Lipinski definition) is 2. The molecule has 23 heavy (non-hydrogen) atoms. The predicted octanol–water partition coefficient (Wildman–Crippen LogP) is 1.36. The van der Waals surface area contributed by atoms with Crippen LogP contribution in [0.1, 0.15) is 28.8 Å². The third kappa shape index (κ3) is 3.92. The van der Waals surface area contributed by atoms with Gasteiger partial charge in [0, 0.05) is 18.2 Å². The molecule has 0 aromatic heterocycles. The fourth-order valence-electron chi connectivity index (χ4n) is 2.78. The van der Waals surface area contributed by atoms with Gasteiger partial charge in [0.05, 0.1) is 12.3 Å². The standard InChI is InChI=1S/C16H19N3O3S/c20-14-10-23-16(22)19(14)9-11-3-1-4-12(7-11)15(21)18-8-13-5-2-6-17-13/h1,3-4,7,13,17H,2,5-6,8-10H2,(H,18,21).